The largest absolute Gasteiger partial charge is 0.378 e. The molecule has 2 N–H and O–H groups in total. The van der Waals surface area contributed by atoms with Crippen LogP contribution in [-0.2, 0) is 9.53 Å². The molecule has 2 atom stereocenters. The van der Waals surface area contributed by atoms with Crippen molar-refractivity contribution in [3.05, 3.63) is 0 Å². The maximum atomic E-state index is 11.8. The zero-order valence-electron chi connectivity index (χ0n) is 12.8. The van der Waals surface area contributed by atoms with Gasteiger partial charge in [-0.25, -0.2) is 0 Å². The Bertz CT molecular complexity index is 289. The van der Waals surface area contributed by atoms with E-state index in [-0.39, 0.29) is 36.8 Å². The Morgan fingerprint density at radius 1 is 1.38 bits per heavy atom. The van der Waals surface area contributed by atoms with Crippen molar-refractivity contribution < 1.29 is 9.53 Å². The first kappa shape index (κ1) is 20.9. The highest BCUT2D eigenvalue weighted by Gasteiger charge is 2.19. The SMILES string of the molecule is CC1CCCCN1CCNC(=O)CC1COCCN1.Cl.Cl. The van der Waals surface area contributed by atoms with Crippen LogP contribution in [0.5, 0.6) is 0 Å². The van der Waals surface area contributed by atoms with E-state index < -0.39 is 0 Å². The molecular weight excluding hydrogens is 313 g/mol. The molecule has 2 fully saturated rings. The highest BCUT2D eigenvalue weighted by Crippen LogP contribution is 2.15. The Labute approximate surface area is 140 Å². The Morgan fingerprint density at radius 2 is 2.19 bits per heavy atom. The van der Waals surface area contributed by atoms with E-state index in [1.165, 1.54) is 25.8 Å². The molecule has 7 heteroatoms. The monoisotopic (exact) mass is 341 g/mol. The lowest BCUT2D eigenvalue weighted by Gasteiger charge is -2.33. The number of carbonyl (C=O) groups excluding carboxylic acids is 1. The number of piperidine rings is 1. The number of morpholine rings is 1. The predicted octanol–water partition coefficient (Wildman–Crippen LogP) is 1.20. The number of hydrogen-bond acceptors (Lipinski definition) is 4. The topological polar surface area (TPSA) is 53.6 Å². The molecule has 0 aliphatic carbocycles. The third-order valence-electron chi connectivity index (χ3n) is 4.09. The molecule has 2 saturated heterocycles. The first-order valence-electron chi connectivity index (χ1n) is 7.57. The maximum absolute atomic E-state index is 11.8. The highest BCUT2D eigenvalue weighted by molar-refractivity contribution is 5.85. The first-order chi connectivity index (χ1) is 9.25. The molecule has 2 heterocycles. The normalized spacial score (nSPS) is 26.3. The van der Waals surface area contributed by atoms with Crippen LogP contribution in [0.1, 0.15) is 32.6 Å². The first-order valence-corrected chi connectivity index (χ1v) is 7.57. The molecule has 5 nitrogen and oxygen atoms in total. The quantitative estimate of drug-likeness (QED) is 0.788. The number of nitrogens with one attached hydrogen (secondary N) is 2. The van der Waals surface area contributed by atoms with E-state index in [0.29, 0.717) is 19.1 Å². The zero-order valence-corrected chi connectivity index (χ0v) is 14.4. The molecule has 0 saturated carbocycles. The second-order valence-electron chi connectivity index (χ2n) is 5.66. The van der Waals surface area contributed by atoms with Crippen LogP contribution in [0.3, 0.4) is 0 Å². The van der Waals surface area contributed by atoms with Crippen molar-refractivity contribution in [1.82, 2.24) is 15.5 Å². The summed E-state index contributed by atoms with van der Waals surface area (Å²) < 4.78 is 5.35. The van der Waals surface area contributed by atoms with Crippen molar-refractivity contribution in [1.29, 1.82) is 0 Å². The lowest BCUT2D eigenvalue weighted by molar-refractivity contribution is -0.122. The van der Waals surface area contributed by atoms with Gasteiger partial charge in [0.05, 0.1) is 13.2 Å². The number of amides is 1. The fourth-order valence-electron chi connectivity index (χ4n) is 2.88. The van der Waals surface area contributed by atoms with Crippen LogP contribution in [0, 0.1) is 0 Å². The van der Waals surface area contributed by atoms with E-state index in [9.17, 15) is 4.79 Å². The van der Waals surface area contributed by atoms with Crippen molar-refractivity contribution in [2.75, 3.05) is 39.4 Å². The number of hydrogen-bond donors (Lipinski definition) is 2. The molecule has 0 aromatic rings. The Morgan fingerprint density at radius 3 is 2.86 bits per heavy atom. The maximum Gasteiger partial charge on any atom is 0.221 e. The van der Waals surface area contributed by atoms with Gasteiger partial charge in [0.1, 0.15) is 0 Å². The van der Waals surface area contributed by atoms with Gasteiger partial charge in [-0.1, -0.05) is 6.42 Å². The summed E-state index contributed by atoms with van der Waals surface area (Å²) in [5.74, 6) is 0.132. The van der Waals surface area contributed by atoms with E-state index >= 15 is 0 Å². The van der Waals surface area contributed by atoms with Gasteiger partial charge >= 0.3 is 0 Å². The molecule has 2 rings (SSSR count). The number of halogens is 2. The van der Waals surface area contributed by atoms with Crippen molar-refractivity contribution in [2.45, 2.75) is 44.7 Å². The van der Waals surface area contributed by atoms with Gasteiger partial charge < -0.3 is 15.4 Å². The summed E-state index contributed by atoms with van der Waals surface area (Å²) in [6.07, 6.45) is 4.45. The number of ether oxygens (including phenoxy) is 1. The lowest BCUT2D eigenvalue weighted by atomic mass is 10.0. The minimum Gasteiger partial charge on any atom is -0.378 e. The van der Waals surface area contributed by atoms with Gasteiger partial charge in [0, 0.05) is 38.1 Å². The highest BCUT2D eigenvalue weighted by atomic mass is 35.5. The third kappa shape index (κ3) is 7.66. The Hall–Kier alpha value is -0.0700. The Kier molecular flexibility index (Phi) is 11.5. The molecular formula is C14H29Cl2N3O2. The van der Waals surface area contributed by atoms with E-state index in [4.69, 9.17) is 4.74 Å². The van der Waals surface area contributed by atoms with Crippen molar-refractivity contribution in [2.24, 2.45) is 0 Å². The summed E-state index contributed by atoms with van der Waals surface area (Å²) in [5, 5.41) is 6.32. The molecule has 0 aromatic heterocycles. The van der Waals surface area contributed by atoms with Gasteiger partial charge in [0.2, 0.25) is 5.91 Å². The van der Waals surface area contributed by atoms with E-state index in [1.807, 2.05) is 0 Å². The van der Waals surface area contributed by atoms with Crippen molar-refractivity contribution in [3.8, 4) is 0 Å². The average Bonchev–Trinajstić information content (AvgIpc) is 2.42. The van der Waals surface area contributed by atoms with E-state index in [2.05, 4.69) is 22.5 Å². The summed E-state index contributed by atoms with van der Waals surface area (Å²) in [4.78, 5) is 14.3. The van der Waals surface area contributed by atoms with E-state index in [0.717, 1.165) is 26.2 Å². The second-order valence-corrected chi connectivity index (χ2v) is 5.66. The number of carbonyl (C=O) groups is 1. The fourth-order valence-corrected chi connectivity index (χ4v) is 2.88. The molecule has 0 bridgehead atoms. The van der Waals surface area contributed by atoms with Gasteiger partial charge in [0.25, 0.3) is 0 Å². The van der Waals surface area contributed by atoms with Crippen LogP contribution < -0.4 is 10.6 Å². The standard InChI is InChI=1S/C14H27N3O2.2ClH/c1-12-4-2-3-7-17(12)8-5-16-14(18)10-13-11-19-9-6-15-13;;/h12-13,15H,2-11H2,1H3,(H,16,18);2*1H. The molecule has 0 aromatic carbocycles. The number of likely N-dealkylation sites (tertiary alicyclic amines) is 1. The van der Waals surface area contributed by atoms with Crippen molar-refractivity contribution in [3.63, 3.8) is 0 Å². The molecule has 2 aliphatic heterocycles. The Balaban J connectivity index is 0.00000200. The van der Waals surface area contributed by atoms with Crippen molar-refractivity contribution >= 4 is 30.7 Å². The average molecular weight is 342 g/mol. The van der Waals surface area contributed by atoms with Gasteiger partial charge in [0.15, 0.2) is 0 Å². The van der Waals surface area contributed by atoms with Gasteiger partial charge in [-0.05, 0) is 26.3 Å². The fraction of sp³-hybridized carbons (Fsp3) is 0.929. The summed E-state index contributed by atoms with van der Waals surface area (Å²) in [5.41, 5.74) is 0. The minimum atomic E-state index is 0. The number of nitrogens with zero attached hydrogens (tertiary/aromatic N) is 1. The third-order valence-corrected chi connectivity index (χ3v) is 4.09. The number of rotatable bonds is 5. The van der Waals surface area contributed by atoms with Crippen LogP contribution in [-0.4, -0.2) is 62.3 Å². The van der Waals surface area contributed by atoms with Gasteiger partial charge in [-0.15, -0.1) is 24.8 Å². The predicted molar refractivity (Wildman–Crippen MR) is 89.6 cm³/mol. The zero-order chi connectivity index (χ0) is 13.5. The van der Waals surface area contributed by atoms with Crippen LogP contribution in [0.25, 0.3) is 0 Å². The summed E-state index contributed by atoms with van der Waals surface area (Å²) in [6, 6.07) is 0.849. The van der Waals surface area contributed by atoms with Crippen LogP contribution in [0.2, 0.25) is 0 Å². The van der Waals surface area contributed by atoms with E-state index in [1.54, 1.807) is 0 Å². The lowest BCUT2D eigenvalue weighted by Crippen LogP contribution is -2.46. The van der Waals surface area contributed by atoms with Gasteiger partial charge in [-0.2, -0.15) is 0 Å². The molecule has 126 valence electrons. The second kappa shape index (κ2) is 11.5. The summed E-state index contributed by atoms with van der Waals surface area (Å²) >= 11 is 0. The summed E-state index contributed by atoms with van der Waals surface area (Å²) in [7, 11) is 0. The van der Waals surface area contributed by atoms with Crippen LogP contribution >= 0.6 is 24.8 Å². The van der Waals surface area contributed by atoms with Crippen LogP contribution in [0.15, 0.2) is 0 Å². The molecule has 0 radical (unpaired) electrons. The molecule has 1 amide bonds. The molecule has 0 spiro atoms. The molecule has 2 unspecified atom stereocenters. The molecule has 2 aliphatic rings. The van der Waals surface area contributed by atoms with Gasteiger partial charge in [-0.3, -0.25) is 9.69 Å². The minimum absolute atomic E-state index is 0. The smallest absolute Gasteiger partial charge is 0.221 e. The van der Waals surface area contributed by atoms with Crippen LogP contribution in [0.4, 0.5) is 0 Å². The summed E-state index contributed by atoms with van der Waals surface area (Å²) in [6.45, 7) is 7.45. The molecule has 21 heavy (non-hydrogen) atoms.